The zero-order valence-electron chi connectivity index (χ0n) is 12.9. The molecular formula is C20H18N2O. The molecule has 0 unspecified atom stereocenters. The van der Waals surface area contributed by atoms with E-state index in [9.17, 15) is 4.79 Å². The molecule has 0 atom stereocenters. The molecule has 0 radical (unpaired) electrons. The Kier molecular flexibility index (Phi) is 4.48. The van der Waals surface area contributed by atoms with Crippen LogP contribution in [-0.2, 0) is 4.79 Å². The molecule has 0 spiro atoms. The second-order valence-electron chi connectivity index (χ2n) is 5.41. The van der Waals surface area contributed by atoms with Gasteiger partial charge in [0.25, 0.3) is 0 Å². The van der Waals surface area contributed by atoms with Crippen molar-refractivity contribution in [1.82, 2.24) is 4.98 Å². The summed E-state index contributed by atoms with van der Waals surface area (Å²) in [5, 5.41) is 2.93. The summed E-state index contributed by atoms with van der Waals surface area (Å²) in [4.78, 5) is 17.2. The lowest BCUT2D eigenvalue weighted by molar-refractivity contribution is -0.116. The quantitative estimate of drug-likeness (QED) is 0.786. The normalized spacial score (nSPS) is 10.5. The first kappa shape index (κ1) is 15.0. The van der Waals surface area contributed by atoms with Gasteiger partial charge >= 0.3 is 0 Å². The van der Waals surface area contributed by atoms with Crippen molar-refractivity contribution in [2.75, 3.05) is 5.32 Å². The van der Waals surface area contributed by atoms with Crippen LogP contribution in [0, 0.1) is 6.92 Å². The topological polar surface area (TPSA) is 42.0 Å². The predicted molar refractivity (Wildman–Crippen MR) is 92.3 cm³/mol. The van der Waals surface area contributed by atoms with Crippen molar-refractivity contribution in [1.29, 1.82) is 0 Å². The summed E-state index contributed by atoms with van der Waals surface area (Å²) in [5.74, 6) is 0.132. The molecule has 1 heterocycles. The minimum atomic E-state index is -0.361. The Bertz CT molecular complexity index is 746. The molecule has 0 saturated carbocycles. The fourth-order valence-corrected chi connectivity index (χ4v) is 2.60. The average Bonchev–Trinajstić information content (AvgIpc) is 2.57. The molecule has 1 amide bonds. The summed E-state index contributed by atoms with van der Waals surface area (Å²) in [5.41, 5.74) is 2.80. The van der Waals surface area contributed by atoms with Crippen molar-refractivity contribution >= 4 is 11.7 Å². The van der Waals surface area contributed by atoms with E-state index in [1.807, 2.05) is 79.7 Å². The minimum Gasteiger partial charge on any atom is -0.310 e. The van der Waals surface area contributed by atoms with Crippen molar-refractivity contribution in [3.63, 3.8) is 0 Å². The molecule has 0 fully saturated rings. The third kappa shape index (κ3) is 3.64. The second kappa shape index (κ2) is 6.88. The lowest BCUT2D eigenvalue weighted by atomic mass is 9.90. The van der Waals surface area contributed by atoms with Gasteiger partial charge in [0.2, 0.25) is 5.91 Å². The van der Waals surface area contributed by atoms with E-state index in [4.69, 9.17) is 0 Å². The van der Waals surface area contributed by atoms with Gasteiger partial charge in [-0.2, -0.15) is 0 Å². The maximum absolute atomic E-state index is 12.9. The van der Waals surface area contributed by atoms with Gasteiger partial charge in [0.15, 0.2) is 0 Å². The first-order valence-electron chi connectivity index (χ1n) is 7.58. The van der Waals surface area contributed by atoms with Crippen molar-refractivity contribution in [3.8, 4) is 0 Å². The first-order chi connectivity index (χ1) is 11.2. The Morgan fingerprint density at radius 2 is 1.39 bits per heavy atom. The summed E-state index contributed by atoms with van der Waals surface area (Å²) in [7, 11) is 0. The number of carbonyl (C=O) groups excluding carboxylic acids is 1. The highest BCUT2D eigenvalue weighted by molar-refractivity contribution is 5.97. The first-order valence-corrected chi connectivity index (χ1v) is 7.58. The number of hydrogen-bond donors (Lipinski definition) is 1. The molecule has 3 rings (SSSR count). The van der Waals surface area contributed by atoms with Crippen LogP contribution in [-0.4, -0.2) is 10.9 Å². The lowest BCUT2D eigenvalue weighted by Gasteiger charge is -2.17. The van der Waals surface area contributed by atoms with Crippen LogP contribution in [0.3, 0.4) is 0 Å². The number of nitrogens with one attached hydrogen (secondary N) is 1. The largest absolute Gasteiger partial charge is 0.310 e. The van der Waals surface area contributed by atoms with Crippen LogP contribution in [0.25, 0.3) is 0 Å². The smallest absolute Gasteiger partial charge is 0.237 e. The second-order valence-corrected chi connectivity index (χ2v) is 5.41. The summed E-state index contributed by atoms with van der Waals surface area (Å²) >= 11 is 0. The Morgan fingerprint density at radius 1 is 0.826 bits per heavy atom. The van der Waals surface area contributed by atoms with E-state index in [0.29, 0.717) is 5.82 Å². The van der Waals surface area contributed by atoms with Gasteiger partial charge in [-0.3, -0.25) is 4.79 Å². The van der Waals surface area contributed by atoms with Crippen LogP contribution in [0.2, 0.25) is 0 Å². The summed E-state index contributed by atoms with van der Waals surface area (Å²) < 4.78 is 0. The SMILES string of the molecule is Cc1cccc(NC(=O)C(c2ccccc2)c2ccccc2)n1. The van der Waals surface area contributed by atoms with Crippen LogP contribution in [0.15, 0.2) is 78.9 Å². The van der Waals surface area contributed by atoms with Crippen molar-refractivity contribution in [2.24, 2.45) is 0 Å². The molecule has 0 aliphatic heterocycles. The minimum absolute atomic E-state index is 0.0829. The van der Waals surface area contributed by atoms with E-state index >= 15 is 0 Å². The van der Waals surface area contributed by atoms with Gasteiger partial charge < -0.3 is 5.32 Å². The number of benzene rings is 2. The maximum atomic E-state index is 12.9. The Hall–Kier alpha value is -2.94. The number of nitrogens with zero attached hydrogens (tertiary/aromatic N) is 1. The number of amides is 1. The van der Waals surface area contributed by atoms with Crippen molar-refractivity contribution in [2.45, 2.75) is 12.8 Å². The molecule has 3 nitrogen and oxygen atoms in total. The molecule has 3 aromatic rings. The van der Waals surface area contributed by atoms with Crippen molar-refractivity contribution < 1.29 is 4.79 Å². The van der Waals surface area contributed by atoms with Crippen LogP contribution in [0.1, 0.15) is 22.7 Å². The van der Waals surface area contributed by atoms with Gasteiger partial charge in [-0.25, -0.2) is 4.98 Å². The third-order valence-corrected chi connectivity index (χ3v) is 3.67. The molecule has 0 saturated heterocycles. The van der Waals surface area contributed by atoms with E-state index in [0.717, 1.165) is 16.8 Å². The van der Waals surface area contributed by atoms with E-state index in [2.05, 4.69) is 10.3 Å². The molecular weight excluding hydrogens is 284 g/mol. The highest BCUT2D eigenvalue weighted by atomic mass is 16.1. The molecule has 114 valence electrons. The van der Waals surface area contributed by atoms with Gasteiger partial charge in [0.1, 0.15) is 5.82 Å². The van der Waals surface area contributed by atoms with Crippen LogP contribution in [0.4, 0.5) is 5.82 Å². The Balaban J connectivity index is 1.94. The Morgan fingerprint density at radius 3 is 1.91 bits per heavy atom. The monoisotopic (exact) mass is 302 g/mol. The van der Waals surface area contributed by atoms with Crippen LogP contribution in [0.5, 0.6) is 0 Å². The zero-order valence-corrected chi connectivity index (χ0v) is 12.9. The zero-order chi connectivity index (χ0) is 16.1. The molecule has 0 aliphatic rings. The van der Waals surface area contributed by atoms with E-state index < -0.39 is 0 Å². The highest BCUT2D eigenvalue weighted by Crippen LogP contribution is 2.26. The summed E-state index contributed by atoms with van der Waals surface area (Å²) in [6, 6.07) is 25.2. The molecule has 1 aromatic heterocycles. The number of rotatable bonds is 4. The van der Waals surface area contributed by atoms with Gasteiger partial charge in [0, 0.05) is 5.69 Å². The molecule has 0 bridgehead atoms. The number of carbonyl (C=O) groups is 1. The average molecular weight is 302 g/mol. The van der Waals surface area contributed by atoms with Gasteiger partial charge in [-0.15, -0.1) is 0 Å². The standard InChI is InChI=1S/C20H18N2O/c1-15-9-8-14-18(21-15)22-20(23)19(16-10-4-2-5-11-16)17-12-6-3-7-13-17/h2-14,19H,1H3,(H,21,22,23). The van der Waals surface area contributed by atoms with Gasteiger partial charge in [-0.05, 0) is 30.2 Å². The fraction of sp³-hybridized carbons (Fsp3) is 0.100. The van der Waals surface area contributed by atoms with E-state index in [-0.39, 0.29) is 11.8 Å². The number of hydrogen-bond acceptors (Lipinski definition) is 2. The predicted octanol–water partition coefficient (Wildman–Crippen LogP) is 4.16. The summed E-state index contributed by atoms with van der Waals surface area (Å²) in [6.07, 6.45) is 0. The maximum Gasteiger partial charge on any atom is 0.237 e. The molecule has 1 N–H and O–H groups in total. The van der Waals surface area contributed by atoms with Crippen LogP contribution < -0.4 is 5.32 Å². The van der Waals surface area contributed by atoms with E-state index in [1.54, 1.807) is 6.07 Å². The highest BCUT2D eigenvalue weighted by Gasteiger charge is 2.22. The summed E-state index contributed by atoms with van der Waals surface area (Å²) in [6.45, 7) is 1.90. The number of anilines is 1. The number of pyridine rings is 1. The Labute approximate surface area is 136 Å². The molecule has 2 aromatic carbocycles. The van der Waals surface area contributed by atoms with Crippen LogP contribution >= 0.6 is 0 Å². The van der Waals surface area contributed by atoms with Crippen molar-refractivity contribution in [3.05, 3.63) is 95.7 Å². The number of aryl methyl sites for hydroxylation is 1. The molecule has 23 heavy (non-hydrogen) atoms. The number of aromatic nitrogens is 1. The fourth-order valence-electron chi connectivity index (χ4n) is 2.60. The molecule has 0 aliphatic carbocycles. The molecule has 3 heteroatoms. The van der Waals surface area contributed by atoms with Gasteiger partial charge in [0.05, 0.1) is 5.92 Å². The lowest BCUT2D eigenvalue weighted by Crippen LogP contribution is -2.22. The van der Waals surface area contributed by atoms with Gasteiger partial charge in [-0.1, -0.05) is 66.7 Å². The third-order valence-electron chi connectivity index (χ3n) is 3.67. The van der Waals surface area contributed by atoms with E-state index in [1.165, 1.54) is 0 Å².